The SMILES string of the molecule is CN(C)c1ccc2ncc(C#N)c(Cl)c2c1. The van der Waals surface area contributed by atoms with Crippen LogP contribution in [-0.2, 0) is 0 Å². The van der Waals surface area contributed by atoms with Crippen LogP contribution in [0.15, 0.2) is 24.4 Å². The van der Waals surface area contributed by atoms with E-state index in [0.29, 0.717) is 10.6 Å². The molecule has 1 heterocycles. The minimum absolute atomic E-state index is 0.407. The molecule has 0 saturated heterocycles. The molecular formula is C12H10ClN3. The third-order valence-electron chi connectivity index (χ3n) is 2.42. The fourth-order valence-electron chi connectivity index (χ4n) is 1.50. The zero-order valence-electron chi connectivity index (χ0n) is 9.03. The van der Waals surface area contributed by atoms with Crippen LogP contribution in [0.2, 0.25) is 5.02 Å². The predicted molar refractivity (Wildman–Crippen MR) is 65.8 cm³/mol. The Kier molecular flexibility index (Phi) is 2.67. The molecule has 1 aromatic carbocycles. The minimum atomic E-state index is 0.407. The molecule has 0 fully saturated rings. The quantitative estimate of drug-likeness (QED) is 0.758. The van der Waals surface area contributed by atoms with E-state index in [-0.39, 0.29) is 0 Å². The van der Waals surface area contributed by atoms with Crippen molar-refractivity contribution in [3.63, 3.8) is 0 Å². The van der Waals surface area contributed by atoms with Crippen molar-refractivity contribution in [2.75, 3.05) is 19.0 Å². The van der Waals surface area contributed by atoms with Gasteiger partial charge in [0.1, 0.15) is 6.07 Å². The van der Waals surface area contributed by atoms with Crippen molar-refractivity contribution in [3.8, 4) is 6.07 Å². The largest absolute Gasteiger partial charge is 0.378 e. The smallest absolute Gasteiger partial charge is 0.102 e. The highest BCUT2D eigenvalue weighted by Crippen LogP contribution is 2.28. The van der Waals surface area contributed by atoms with Crippen LogP contribution in [0.4, 0.5) is 5.69 Å². The first-order valence-corrected chi connectivity index (χ1v) is 5.17. The molecule has 0 aliphatic rings. The highest BCUT2D eigenvalue weighted by Gasteiger charge is 2.07. The Bertz CT molecular complexity index is 585. The van der Waals surface area contributed by atoms with Crippen LogP contribution < -0.4 is 4.90 Å². The molecule has 0 unspecified atom stereocenters. The highest BCUT2D eigenvalue weighted by atomic mass is 35.5. The Morgan fingerprint density at radius 3 is 2.75 bits per heavy atom. The molecule has 16 heavy (non-hydrogen) atoms. The van der Waals surface area contributed by atoms with E-state index < -0.39 is 0 Å². The number of halogens is 1. The molecule has 2 rings (SSSR count). The highest BCUT2D eigenvalue weighted by molar-refractivity contribution is 6.36. The number of hydrogen-bond acceptors (Lipinski definition) is 3. The molecule has 3 nitrogen and oxygen atoms in total. The number of fused-ring (bicyclic) bond motifs is 1. The summed E-state index contributed by atoms with van der Waals surface area (Å²) in [5.74, 6) is 0. The first-order valence-electron chi connectivity index (χ1n) is 4.79. The van der Waals surface area contributed by atoms with Crippen molar-refractivity contribution in [2.24, 2.45) is 0 Å². The standard InChI is InChI=1S/C12H10ClN3/c1-16(2)9-3-4-11-10(5-9)12(13)8(6-14)7-15-11/h3-5,7H,1-2H3. The zero-order chi connectivity index (χ0) is 11.7. The minimum Gasteiger partial charge on any atom is -0.378 e. The Morgan fingerprint density at radius 1 is 1.38 bits per heavy atom. The third kappa shape index (κ3) is 1.68. The lowest BCUT2D eigenvalue weighted by Crippen LogP contribution is -2.08. The summed E-state index contributed by atoms with van der Waals surface area (Å²) in [6.07, 6.45) is 1.50. The van der Waals surface area contributed by atoms with Gasteiger partial charge in [0, 0.05) is 31.4 Å². The number of anilines is 1. The molecule has 0 atom stereocenters. The van der Waals surface area contributed by atoms with Crippen LogP contribution in [0.25, 0.3) is 10.9 Å². The number of aromatic nitrogens is 1. The summed E-state index contributed by atoms with van der Waals surface area (Å²) in [7, 11) is 3.91. The molecular weight excluding hydrogens is 222 g/mol. The molecule has 2 aromatic rings. The molecule has 0 radical (unpaired) electrons. The van der Waals surface area contributed by atoms with Gasteiger partial charge in [-0.05, 0) is 18.2 Å². The second-order valence-electron chi connectivity index (χ2n) is 3.69. The van der Waals surface area contributed by atoms with E-state index in [1.807, 2.05) is 43.3 Å². The second-order valence-corrected chi connectivity index (χ2v) is 4.07. The number of benzene rings is 1. The topological polar surface area (TPSA) is 39.9 Å². The van der Waals surface area contributed by atoms with E-state index in [2.05, 4.69) is 4.98 Å². The number of nitriles is 1. The summed E-state index contributed by atoms with van der Waals surface area (Å²) in [6.45, 7) is 0. The van der Waals surface area contributed by atoms with Gasteiger partial charge in [-0.25, -0.2) is 0 Å². The van der Waals surface area contributed by atoms with Crippen LogP contribution >= 0.6 is 11.6 Å². The summed E-state index contributed by atoms with van der Waals surface area (Å²) in [5.41, 5.74) is 2.24. The van der Waals surface area contributed by atoms with E-state index in [9.17, 15) is 0 Å². The van der Waals surface area contributed by atoms with Crippen LogP contribution in [0, 0.1) is 11.3 Å². The third-order valence-corrected chi connectivity index (χ3v) is 2.83. The van der Waals surface area contributed by atoms with Crippen molar-refractivity contribution >= 4 is 28.2 Å². The summed E-state index contributed by atoms with van der Waals surface area (Å²) in [5, 5.41) is 10.2. The molecule has 0 spiro atoms. The monoisotopic (exact) mass is 231 g/mol. The Hall–Kier alpha value is -1.79. The van der Waals surface area contributed by atoms with Gasteiger partial charge in [0.05, 0.1) is 16.1 Å². The molecule has 0 aliphatic carbocycles. The summed E-state index contributed by atoms with van der Waals surface area (Å²) in [6, 6.07) is 7.83. The maximum absolute atomic E-state index is 8.87. The average Bonchev–Trinajstić information content (AvgIpc) is 2.29. The molecule has 1 aromatic heterocycles. The number of pyridine rings is 1. The van der Waals surface area contributed by atoms with E-state index >= 15 is 0 Å². The van der Waals surface area contributed by atoms with Crippen molar-refractivity contribution in [3.05, 3.63) is 35.0 Å². The van der Waals surface area contributed by atoms with Crippen LogP contribution in [0.1, 0.15) is 5.56 Å². The lowest BCUT2D eigenvalue weighted by atomic mass is 10.1. The van der Waals surface area contributed by atoms with Crippen molar-refractivity contribution in [1.82, 2.24) is 4.98 Å². The average molecular weight is 232 g/mol. The first kappa shape index (κ1) is 10.7. The number of hydrogen-bond donors (Lipinski definition) is 0. The molecule has 0 N–H and O–H groups in total. The van der Waals surface area contributed by atoms with Crippen LogP contribution in [0.5, 0.6) is 0 Å². The molecule has 0 saturated carbocycles. The van der Waals surface area contributed by atoms with E-state index in [1.165, 1.54) is 6.20 Å². The lowest BCUT2D eigenvalue weighted by molar-refractivity contribution is 1.13. The molecule has 0 aliphatic heterocycles. The van der Waals surface area contributed by atoms with Gasteiger partial charge < -0.3 is 4.90 Å². The Labute approximate surface area is 98.9 Å². The normalized spacial score (nSPS) is 10.1. The zero-order valence-corrected chi connectivity index (χ0v) is 9.78. The maximum Gasteiger partial charge on any atom is 0.102 e. The number of nitrogens with zero attached hydrogens (tertiary/aromatic N) is 3. The van der Waals surface area contributed by atoms with Crippen molar-refractivity contribution in [2.45, 2.75) is 0 Å². The molecule has 80 valence electrons. The molecule has 0 bridgehead atoms. The van der Waals surface area contributed by atoms with Crippen molar-refractivity contribution in [1.29, 1.82) is 5.26 Å². The van der Waals surface area contributed by atoms with Crippen LogP contribution in [0.3, 0.4) is 0 Å². The summed E-state index contributed by atoms with van der Waals surface area (Å²) >= 11 is 6.14. The molecule has 0 amide bonds. The predicted octanol–water partition coefficient (Wildman–Crippen LogP) is 2.83. The van der Waals surface area contributed by atoms with Crippen molar-refractivity contribution < 1.29 is 0 Å². The fourth-order valence-corrected chi connectivity index (χ4v) is 1.75. The van der Waals surface area contributed by atoms with E-state index in [0.717, 1.165) is 16.6 Å². The fraction of sp³-hybridized carbons (Fsp3) is 0.167. The van der Waals surface area contributed by atoms with Gasteiger partial charge in [0.15, 0.2) is 0 Å². The lowest BCUT2D eigenvalue weighted by Gasteiger charge is -2.13. The Balaban J connectivity index is 2.75. The van der Waals surface area contributed by atoms with Gasteiger partial charge in [-0.1, -0.05) is 11.6 Å². The van der Waals surface area contributed by atoms with Gasteiger partial charge in [0.25, 0.3) is 0 Å². The van der Waals surface area contributed by atoms with Gasteiger partial charge in [-0.3, -0.25) is 4.98 Å². The van der Waals surface area contributed by atoms with E-state index in [4.69, 9.17) is 16.9 Å². The van der Waals surface area contributed by atoms with E-state index in [1.54, 1.807) is 0 Å². The van der Waals surface area contributed by atoms with Gasteiger partial charge in [0.2, 0.25) is 0 Å². The van der Waals surface area contributed by atoms with Gasteiger partial charge in [-0.2, -0.15) is 5.26 Å². The van der Waals surface area contributed by atoms with Crippen LogP contribution in [-0.4, -0.2) is 19.1 Å². The molecule has 4 heteroatoms. The van der Waals surface area contributed by atoms with Gasteiger partial charge >= 0.3 is 0 Å². The van der Waals surface area contributed by atoms with Gasteiger partial charge in [-0.15, -0.1) is 0 Å². The first-order chi connectivity index (χ1) is 7.63. The number of rotatable bonds is 1. The Morgan fingerprint density at radius 2 is 2.12 bits per heavy atom. The second kappa shape index (κ2) is 3.99. The summed E-state index contributed by atoms with van der Waals surface area (Å²) in [4.78, 5) is 6.17. The summed E-state index contributed by atoms with van der Waals surface area (Å²) < 4.78 is 0. The maximum atomic E-state index is 8.87.